The van der Waals surface area contributed by atoms with Gasteiger partial charge in [-0.15, -0.1) is 0 Å². The van der Waals surface area contributed by atoms with Crippen molar-refractivity contribution in [1.29, 1.82) is 0 Å². The van der Waals surface area contributed by atoms with Crippen molar-refractivity contribution < 1.29 is 4.74 Å². The normalized spacial score (nSPS) is 25.3. The second-order valence-electron chi connectivity index (χ2n) is 6.03. The highest BCUT2D eigenvalue weighted by molar-refractivity contribution is 4.98. The first-order valence-electron chi connectivity index (χ1n) is 7.58. The van der Waals surface area contributed by atoms with Crippen molar-refractivity contribution in [3.63, 3.8) is 0 Å². The highest BCUT2D eigenvalue weighted by Gasteiger charge is 2.42. The zero-order valence-electron chi connectivity index (χ0n) is 12.7. The number of likely N-dealkylation sites (tertiary alicyclic amines) is 1. The Balaban J connectivity index is 2.92. The van der Waals surface area contributed by atoms with Crippen molar-refractivity contribution in [2.75, 3.05) is 26.8 Å². The van der Waals surface area contributed by atoms with Gasteiger partial charge in [0.25, 0.3) is 0 Å². The SMILES string of the molecule is CCCC1CCCCN1C(CN)(COC)C(C)C. The summed E-state index contributed by atoms with van der Waals surface area (Å²) >= 11 is 0. The molecule has 0 aromatic rings. The van der Waals surface area contributed by atoms with Crippen LogP contribution >= 0.6 is 0 Å². The highest BCUT2D eigenvalue weighted by atomic mass is 16.5. The Bertz CT molecular complexity index is 231. The molecule has 1 aliphatic heterocycles. The van der Waals surface area contributed by atoms with Crippen LogP contribution in [0.2, 0.25) is 0 Å². The maximum atomic E-state index is 6.16. The van der Waals surface area contributed by atoms with Gasteiger partial charge in [0.05, 0.1) is 12.1 Å². The largest absolute Gasteiger partial charge is 0.383 e. The van der Waals surface area contributed by atoms with Crippen molar-refractivity contribution in [3.05, 3.63) is 0 Å². The summed E-state index contributed by atoms with van der Waals surface area (Å²) in [5.41, 5.74) is 6.19. The fourth-order valence-electron chi connectivity index (χ4n) is 3.46. The fourth-order valence-corrected chi connectivity index (χ4v) is 3.46. The molecule has 1 saturated heterocycles. The number of nitrogens with zero attached hydrogens (tertiary/aromatic N) is 1. The molecule has 1 heterocycles. The van der Waals surface area contributed by atoms with Crippen molar-refractivity contribution in [3.8, 4) is 0 Å². The molecule has 0 aromatic heterocycles. The molecule has 2 N–H and O–H groups in total. The number of nitrogens with two attached hydrogens (primary N) is 1. The van der Waals surface area contributed by atoms with Crippen LogP contribution in [0.1, 0.15) is 52.9 Å². The lowest BCUT2D eigenvalue weighted by molar-refractivity contribution is -0.0563. The zero-order valence-corrected chi connectivity index (χ0v) is 12.7. The third-order valence-corrected chi connectivity index (χ3v) is 4.64. The van der Waals surface area contributed by atoms with Crippen molar-refractivity contribution in [1.82, 2.24) is 4.90 Å². The van der Waals surface area contributed by atoms with Gasteiger partial charge in [-0.2, -0.15) is 0 Å². The molecular formula is C15H32N2O. The van der Waals surface area contributed by atoms with Gasteiger partial charge in [-0.1, -0.05) is 33.6 Å². The van der Waals surface area contributed by atoms with Crippen LogP contribution in [-0.4, -0.2) is 43.3 Å². The molecule has 0 saturated carbocycles. The van der Waals surface area contributed by atoms with Gasteiger partial charge in [0.2, 0.25) is 0 Å². The van der Waals surface area contributed by atoms with Crippen molar-refractivity contribution >= 4 is 0 Å². The maximum Gasteiger partial charge on any atom is 0.0661 e. The summed E-state index contributed by atoms with van der Waals surface area (Å²) in [6, 6.07) is 0.699. The zero-order chi connectivity index (χ0) is 13.6. The molecule has 0 amide bonds. The molecule has 0 aromatic carbocycles. The second-order valence-corrected chi connectivity index (χ2v) is 6.03. The first-order chi connectivity index (χ1) is 8.62. The maximum absolute atomic E-state index is 6.16. The first kappa shape index (κ1) is 15.9. The molecule has 3 nitrogen and oxygen atoms in total. The van der Waals surface area contributed by atoms with Crippen LogP contribution in [0.5, 0.6) is 0 Å². The highest BCUT2D eigenvalue weighted by Crippen LogP contribution is 2.33. The molecule has 1 aliphatic rings. The van der Waals surface area contributed by atoms with E-state index in [2.05, 4.69) is 25.7 Å². The molecule has 18 heavy (non-hydrogen) atoms. The third kappa shape index (κ3) is 3.25. The lowest BCUT2D eigenvalue weighted by Gasteiger charge is -2.51. The monoisotopic (exact) mass is 256 g/mol. The second kappa shape index (κ2) is 7.46. The van der Waals surface area contributed by atoms with E-state index in [4.69, 9.17) is 10.5 Å². The number of methoxy groups -OCH3 is 1. The van der Waals surface area contributed by atoms with Crippen LogP contribution < -0.4 is 5.73 Å². The van der Waals surface area contributed by atoms with Crippen LogP contribution in [0, 0.1) is 5.92 Å². The van der Waals surface area contributed by atoms with Gasteiger partial charge in [0.15, 0.2) is 0 Å². The van der Waals surface area contributed by atoms with E-state index < -0.39 is 0 Å². The van der Waals surface area contributed by atoms with Gasteiger partial charge in [-0.05, 0) is 31.7 Å². The first-order valence-corrected chi connectivity index (χ1v) is 7.58. The molecule has 3 heteroatoms. The Labute approximate surface area is 113 Å². The summed E-state index contributed by atoms with van der Waals surface area (Å²) in [4.78, 5) is 2.67. The van der Waals surface area contributed by atoms with Gasteiger partial charge in [0, 0.05) is 19.7 Å². The minimum Gasteiger partial charge on any atom is -0.383 e. The Morgan fingerprint density at radius 3 is 2.61 bits per heavy atom. The van der Waals surface area contributed by atoms with Crippen molar-refractivity contribution in [2.45, 2.75) is 64.5 Å². The van der Waals surface area contributed by atoms with Gasteiger partial charge >= 0.3 is 0 Å². The predicted molar refractivity (Wildman–Crippen MR) is 77.8 cm³/mol. The molecule has 0 radical (unpaired) electrons. The Kier molecular flexibility index (Phi) is 6.61. The summed E-state index contributed by atoms with van der Waals surface area (Å²) in [5, 5.41) is 0. The minimum atomic E-state index is 0.0228. The molecule has 1 fully saturated rings. The average molecular weight is 256 g/mol. The van der Waals surface area contributed by atoms with Crippen LogP contribution in [0.25, 0.3) is 0 Å². The van der Waals surface area contributed by atoms with E-state index in [1.54, 1.807) is 7.11 Å². The minimum absolute atomic E-state index is 0.0228. The lowest BCUT2D eigenvalue weighted by atomic mass is 9.81. The fraction of sp³-hybridized carbons (Fsp3) is 1.00. The Hall–Kier alpha value is -0.120. The molecule has 1 rings (SSSR count). The van der Waals surface area contributed by atoms with Gasteiger partial charge in [-0.25, -0.2) is 0 Å². The van der Waals surface area contributed by atoms with E-state index in [1.165, 1.54) is 38.6 Å². The van der Waals surface area contributed by atoms with E-state index in [1.807, 2.05) is 0 Å². The molecule has 108 valence electrons. The van der Waals surface area contributed by atoms with E-state index in [0.717, 1.165) is 6.61 Å². The van der Waals surface area contributed by atoms with E-state index in [0.29, 0.717) is 18.5 Å². The van der Waals surface area contributed by atoms with Crippen LogP contribution in [0.3, 0.4) is 0 Å². The van der Waals surface area contributed by atoms with E-state index >= 15 is 0 Å². The van der Waals surface area contributed by atoms with Crippen LogP contribution in [0.15, 0.2) is 0 Å². The number of rotatable bonds is 7. The van der Waals surface area contributed by atoms with E-state index in [9.17, 15) is 0 Å². The molecule has 0 spiro atoms. The summed E-state index contributed by atoms with van der Waals surface area (Å²) in [6.45, 7) is 9.47. The number of hydrogen-bond donors (Lipinski definition) is 1. The third-order valence-electron chi connectivity index (χ3n) is 4.64. The summed E-state index contributed by atoms with van der Waals surface area (Å²) in [7, 11) is 1.80. The number of hydrogen-bond acceptors (Lipinski definition) is 3. The number of piperidine rings is 1. The summed E-state index contributed by atoms with van der Waals surface area (Å²) in [6.07, 6.45) is 6.54. The average Bonchev–Trinajstić information content (AvgIpc) is 2.37. The number of ether oxygens (including phenoxy) is 1. The van der Waals surface area contributed by atoms with E-state index in [-0.39, 0.29) is 5.54 Å². The lowest BCUT2D eigenvalue weighted by Crippen LogP contribution is -2.64. The smallest absolute Gasteiger partial charge is 0.0661 e. The van der Waals surface area contributed by atoms with Crippen molar-refractivity contribution in [2.24, 2.45) is 11.7 Å². The van der Waals surface area contributed by atoms with Gasteiger partial charge in [0.1, 0.15) is 0 Å². The van der Waals surface area contributed by atoms with Gasteiger partial charge < -0.3 is 10.5 Å². The topological polar surface area (TPSA) is 38.5 Å². The van der Waals surface area contributed by atoms with Crippen LogP contribution in [0.4, 0.5) is 0 Å². The summed E-state index contributed by atoms with van der Waals surface area (Å²) < 4.78 is 5.52. The molecule has 0 bridgehead atoms. The molecule has 2 atom stereocenters. The predicted octanol–water partition coefficient (Wildman–Crippen LogP) is 2.64. The quantitative estimate of drug-likeness (QED) is 0.761. The standard InChI is InChI=1S/C15H32N2O/c1-5-8-14-9-6-7-10-17(14)15(11-16,12-18-4)13(2)3/h13-14H,5-12,16H2,1-4H3. The Morgan fingerprint density at radius 2 is 2.11 bits per heavy atom. The molecule has 0 aliphatic carbocycles. The molecular weight excluding hydrogens is 224 g/mol. The summed E-state index contributed by atoms with van der Waals surface area (Å²) in [5.74, 6) is 0.528. The van der Waals surface area contributed by atoms with Crippen LogP contribution in [-0.2, 0) is 4.74 Å². The van der Waals surface area contributed by atoms with Gasteiger partial charge in [-0.3, -0.25) is 4.90 Å². The Morgan fingerprint density at radius 1 is 1.39 bits per heavy atom. The molecule has 2 unspecified atom stereocenters.